The van der Waals surface area contributed by atoms with Crippen LogP contribution in [-0.4, -0.2) is 48.2 Å². The number of carbonyl (C=O) groups excluding carboxylic acids is 1. The molecule has 1 aromatic carbocycles. The van der Waals surface area contributed by atoms with Gasteiger partial charge in [0.25, 0.3) is 0 Å². The van der Waals surface area contributed by atoms with Gasteiger partial charge in [-0.1, -0.05) is 18.2 Å². The van der Waals surface area contributed by atoms with Crippen LogP contribution in [0, 0.1) is 0 Å². The Morgan fingerprint density at radius 3 is 2.47 bits per heavy atom. The fraction of sp³-hybridized carbons (Fsp3) is 0.211. The van der Waals surface area contributed by atoms with E-state index in [0.717, 1.165) is 21.5 Å². The number of fused-ring (bicyclic) bond motifs is 1. The van der Waals surface area contributed by atoms with Crippen LogP contribution in [0.25, 0.3) is 10.9 Å². The molecule has 1 aliphatic heterocycles. The summed E-state index contributed by atoms with van der Waals surface area (Å²) < 4.78 is 66.0. The lowest BCUT2D eigenvalue weighted by Crippen LogP contribution is -2.52. The molecule has 0 saturated carbocycles. The van der Waals surface area contributed by atoms with E-state index < -0.39 is 34.3 Å². The molecule has 1 aliphatic rings. The van der Waals surface area contributed by atoms with Crippen LogP contribution in [0.4, 0.5) is 18.9 Å². The summed E-state index contributed by atoms with van der Waals surface area (Å²) in [6.45, 7) is -0.645. The first-order valence-electron chi connectivity index (χ1n) is 8.85. The van der Waals surface area contributed by atoms with Crippen LogP contribution in [0.2, 0.25) is 0 Å². The molecule has 0 unspecified atom stereocenters. The third kappa shape index (κ3) is 3.61. The van der Waals surface area contributed by atoms with Crippen molar-refractivity contribution in [1.29, 1.82) is 0 Å². The number of anilines is 1. The molecular weight excluding hydrogens is 421 g/mol. The summed E-state index contributed by atoms with van der Waals surface area (Å²) in [6.07, 6.45) is -2.20. The van der Waals surface area contributed by atoms with Gasteiger partial charge in [0.05, 0.1) is 12.1 Å². The highest BCUT2D eigenvalue weighted by Crippen LogP contribution is 2.31. The number of sulfonamides is 1. The van der Waals surface area contributed by atoms with Crippen molar-refractivity contribution in [2.24, 2.45) is 0 Å². The Morgan fingerprint density at radius 2 is 1.73 bits per heavy atom. The van der Waals surface area contributed by atoms with Crippen LogP contribution in [0.5, 0.6) is 0 Å². The van der Waals surface area contributed by atoms with Crippen molar-refractivity contribution >= 4 is 32.5 Å². The van der Waals surface area contributed by atoms with Gasteiger partial charge in [-0.25, -0.2) is 8.42 Å². The van der Waals surface area contributed by atoms with Crippen LogP contribution < -0.4 is 4.90 Å². The standard InChI is InChI=1S/C19H15F3N4O3S/c20-19(21,22)16-11-14(6-8-23-16)26-10-9-25(12-17(26)27)30(28,29)15-5-1-3-13-4-2-7-24-18(13)15/h1-8,11H,9-10,12H2. The largest absolute Gasteiger partial charge is 0.433 e. The van der Waals surface area contributed by atoms with Crippen LogP contribution in [0.1, 0.15) is 5.69 Å². The minimum Gasteiger partial charge on any atom is -0.310 e. The van der Waals surface area contributed by atoms with Gasteiger partial charge in [0.15, 0.2) is 0 Å². The molecule has 1 amide bonds. The van der Waals surface area contributed by atoms with Gasteiger partial charge >= 0.3 is 6.18 Å². The number of benzene rings is 1. The minimum absolute atomic E-state index is 0.0196. The molecule has 156 valence electrons. The summed E-state index contributed by atoms with van der Waals surface area (Å²) in [5.41, 5.74) is -0.810. The Bertz CT molecular complexity index is 1230. The van der Waals surface area contributed by atoms with Gasteiger partial charge in [0, 0.05) is 36.6 Å². The summed E-state index contributed by atoms with van der Waals surface area (Å²) in [7, 11) is -4.03. The number of rotatable bonds is 3. The molecule has 7 nitrogen and oxygen atoms in total. The average Bonchev–Trinajstić information content (AvgIpc) is 2.72. The van der Waals surface area contributed by atoms with E-state index in [1.807, 2.05) is 0 Å². The second-order valence-electron chi connectivity index (χ2n) is 6.61. The Morgan fingerprint density at radius 1 is 0.967 bits per heavy atom. The predicted octanol–water partition coefficient (Wildman–Crippen LogP) is 2.69. The number of para-hydroxylation sites is 1. The molecule has 2 aromatic heterocycles. The van der Waals surface area contributed by atoms with Crippen molar-refractivity contribution in [3.8, 4) is 0 Å². The maximum Gasteiger partial charge on any atom is 0.433 e. The molecule has 30 heavy (non-hydrogen) atoms. The van der Waals surface area contributed by atoms with Gasteiger partial charge in [-0.3, -0.25) is 14.8 Å². The quantitative estimate of drug-likeness (QED) is 0.631. The molecule has 1 saturated heterocycles. The van der Waals surface area contributed by atoms with Crippen LogP contribution in [0.15, 0.2) is 59.8 Å². The second-order valence-corrected chi connectivity index (χ2v) is 8.52. The summed E-state index contributed by atoms with van der Waals surface area (Å²) in [6, 6.07) is 10.2. The first kappa shape index (κ1) is 20.2. The van der Waals surface area contributed by atoms with Crippen LogP contribution >= 0.6 is 0 Å². The van der Waals surface area contributed by atoms with Crippen LogP contribution in [-0.2, 0) is 21.0 Å². The lowest BCUT2D eigenvalue weighted by atomic mass is 10.2. The van der Waals surface area contributed by atoms with Crippen LogP contribution in [0.3, 0.4) is 0 Å². The van der Waals surface area contributed by atoms with E-state index in [2.05, 4.69) is 9.97 Å². The fourth-order valence-corrected chi connectivity index (χ4v) is 4.84. The Labute approximate surface area is 169 Å². The van der Waals surface area contributed by atoms with E-state index in [0.29, 0.717) is 10.9 Å². The topological polar surface area (TPSA) is 83.5 Å². The second kappa shape index (κ2) is 7.33. The van der Waals surface area contributed by atoms with E-state index in [1.54, 1.807) is 24.3 Å². The number of carbonyl (C=O) groups is 1. The summed E-state index contributed by atoms with van der Waals surface area (Å²) >= 11 is 0. The van der Waals surface area contributed by atoms with Crippen molar-refractivity contribution in [1.82, 2.24) is 14.3 Å². The van der Waals surface area contributed by atoms with Gasteiger partial charge in [0.1, 0.15) is 10.6 Å². The number of alkyl halides is 3. The van der Waals surface area contributed by atoms with E-state index in [-0.39, 0.29) is 23.7 Å². The van der Waals surface area contributed by atoms with Crippen molar-refractivity contribution in [2.45, 2.75) is 11.1 Å². The van der Waals surface area contributed by atoms with Gasteiger partial charge in [-0.2, -0.15) is 17.5 Å². The number of piperazine rings is 1. The molecule has 3 aromatic rings. The Hall–Kier alpha value is -3.05. The molecule has 11 heteroatoms. The van der Waals surface area contributed by atoms with E-state index in [9.17, 15) is 26.4 Å². The van der Waals surface area contributed by atoms with Gasteiger partial charge in [-0.05, 0) is 24.3 Å². The highest BCUT2D eigenvalue weighted by Gasteiger charge is 2.36. The summed E-state index contributed by atoms with van der Waals surface area (Å²) in [5, 5.41) is 0.639. The first-order chi connectivity index (χ1) is 14.2. The average molecular weight is 436 g/mol. The van der Waals surface area contributed by atoms with Gasteiger partial charge in [-0.15, -0.1) is 0 Å². The lowest BCUT2D eigenvalue weighted by Gasteiger charge is -2.33. The van der Waals surface area contributed by atoms with Crippen molar-refractivity contribution in [3.63, 3.8) is 0 Å². The maximum absolute atomic E-state index is 13.1. The third-order valence-electron chi connectivity index (χ3n) is 4.74. The molecule has 0 aliphatic carbocycles. The van der Waals surface area contributed by atoms with Gasteiger partial charge in [0.2, 0.25) is 15.9 Å². The van der Waals surface area contributed by atoms with Crippen molar-refractivity contribution in [3.05, 3.63) is 60.6 Å². The number of aromatic nitrogens is 2. The number of hydrogen-bond donors (Lipinski definition) is 0. The number of pyridine rings is 2. The molecule has 0 radical (unpaired) electrons. The maximum atomic E-state index is 13.1. The zero-order chi connectivity index (χ0) is 21.5. The smallest absolute Gasteiger partial charge is 0.310 e. The van der Waals surface area contributed by atoms with E-state index >= 15 is 0 Å². The number of amides is 1. The molecule has 0 spiro atoms. The van der Waals surface area contributed by atoms with Gasteiger partial charge < -0.3 is 4.90 Å². The Balaban J connectivity index is 1.61. The Kier molecular flexibility index (Phi) is 4.94. The van der Waals surface area contributed by atoms with Crippen molar-refractivity contribution in [2.75, 3.05) is 24.5 Å². The summed E-state index contributed by atoms with van der Waals surface area (Å²) in [5.74, 6) is -0.627. The molecule has 3 heterocycles. The fourth-order valence-electron chi connectivity index (χ4n) is 3.30. The zero-order valence-corrected chi connectivity index (χ0v) is 16.2. The molecular formula is C19H15F3N4O3S. The highest BCUT2D eigenvalue weighted by molar-refractivity contribution is 7.89. The third-order valence-corrected chi connectivity index (χ3v) is 6.62. The minimum atomic E-state index is -4.65. The normalized spacial score (nSPS) is 16.2. The van der Waals surface area contributed by atoms with Crippen molar-refractivity contribution < 1.29 is 26.4 Å². The van der Waals surface area contributed by atoms with E-state index in [1.165, 1.54) is 18.3 Å². The summed E-state index contributed by atoms with van der Waals surface area (Å²) in [4.78, 5) is 21.1. The molecule has 4 rings (SSSR count). The number of hydrogen-bond acceptors (Lipinski definition) is 5. The molecule has 0 bridgehead atoms. The molecule has 0 N–H and O–H groups in total. The number of halogens is 3. The SMILES string of the molecule is O=C1CN(S(=O)(=O)c2cccc3cccnc23)CCN1c1ccnc(C(F)(F)F)c1. The predicted molar refractivity (Wildman–Crippen MR) is 102 cm³/mol. The monoisotopic (exact) mass is 436 g/mol. The first-order valence-corrected chi connectivity index (χ1v) is 10.3. The lowest BCUT2D eigenvalue weighted by molar-refractivity contribution is -0.141. The van der Waals surface area contributed by atoms with E-state index in [4.69, 9.17) is 0 Å². The number of nitrogens with zero attached hydrogens (tertiary/aromatic N) is 4. The molecule has 0 atom stereocenters. The zero-order valence-electron chi connectivity index (χ0n) is 15.4. The highest BCUT2D eigenvalue weighted by atomic mass is 32.2. The molecule has 1 fully saturated rings.